The molecule has 0 amide bonds. The molecule has 0 aromatic heterocycles. The fourth-order valence-electron chi connectivity index (χ4n) is 3.83. The van der Waals surface area contributed by atoms with Gasteiger partial charge in [0.15, 0.2) is 5.96 Å². The molecule has 2 atom stereocenters. The predicted molar refractivity (Wildman–Crippen MR) is 136 cm³/mol. The van der Waals surface area contributed by atoms with Crippen molar-refractivity contribution in [3.05, 3.63) is 34.9 Å². The SMILES string of the molecule is CN=C(NCCCOCC1CCOC1)NCC(c1ccccc1Cl)N1CCOCC1.I. The molecule has 2 fully saturated rings. The molecule has 2 saturated heterocycles. The first kappa shape index (κ1) is 26.6. The van der Waals surface area contributed by atoms with Gasteiger partial charge in [-0.2, -0.15) is 0 Å². The Morgan fingerprint density at radius 3 is 2.74 bits per heavy atom. The summed E-state index contributed by atoms with van der Waals surface area (Å²) in [7, 11) is 1.80. The quantitative estimate of drug-likeness (QED) is 0.197. The minimum Gasteiger partial charge on any atom is -0.381 e. The van der Waals surface area contributed by atoms with E-state index >= 15 is 0 Å². The van der Waals surface area contributed by atoms with Crippen molar-refractivity contribution in [1.82, 2.24) is 15.5 Å². The molecule has 0 saturated carbocycles. The van der Waals surface area contributed by atoms with Crippen LogP contribution >= 0.6 is 35.6 Å². The Kier molecular flexibility index (Phi) is 13.1. The maximum absolute atomic E-state index is 6.51. The standard InChI is InChI=1S/C22H35ClN4O3.HI/c1-24-22(25-8-4-11-29-16-18-7-12-30-17-18)26-15-21(27-9-13-28-14-10-27)19-5-2-3-6-20(19)23;/h2-3,5-6,18,21H,4,7-17H2,1H3,(H2,24,25,26);1H. The lowest BCUT2D eigenvalue weighted by atomic mass is 10.0. The minimum absolute atomic E-state index is 0. The number of rotatable bonds is 10. The summed E-state index contributed by atoms with van der Waals surface area (Å²) in [5.41, 5.74) is 1.13. The Labute approximate surface area is 208 Å². The molecule has 3 rings (SSSR count). The van der Waals surface area contributed by atoms with Crippen molar-refractivity contribution < 1.29 is 14.2 Å². The second-order valence-corrected chi connectivity index (χ2v) is 8.13. The lowest BCUT2D eigenvalue weighted by molar-refractivity contribution is 0.0170. The lowest BCUT2D eigenvalue weighted by Crippen LogP contribution is -2.46. The molecule has 9 heteroatoms. The maximum atomic E-state index is 6.51. The van der Waals surface area contributed by atoms with Crippen molar-refractivity contribution in [2.24, 2.45) is 10.9 Å². The van der Waals surface area contributed by atoms with E-state index in [-0.39, 0.29) is 30.0 Å². The first-order valence-corrected chi connectivity index (χ1v) is 11.3. The smallest absolute Gasteiger partial charge is 0.191 e. The van der Waals surface area contributed by atoms with E-state index in [1.54, 1.807) is 7.05 Å². The Hall–Kier alpha value is -0.650. The van der Waals surface area contributed by atoms with Crippen LogP contribution in [0.25, 0.3) is 0 Å². The molecule has 0 spiro atoms. The van der Waals surface area contributed by atoms with E-state index in [1.807, 2.05) is 18.2 Å². The Bertz CT molecular complexity index is 655. The highest BCUT2D eigenvalue weighted by Crippen LogP contribution is 2.27. The van der Waals surface area contributed by atoms with Crippen LogP contribution in [0.3, 0.4) is 0 Å². The molecule has 2 N–H and O–H groups in total. The number of benzene rings is 1. The summed E-state index contributed by atoms with van der Waals surface area (Å²) in [6.07, 6.45) is 2.05. The molecule has 2 aliphatic rings. The molecule has 2 unspecified atom stereocenters. The number of ether oxygens (including phenoxy) is 3. The highest BCUT2D eigenvalue weighted by molar-refractivity contribution is 14.0. The van der Waals surface area contributed by atoms with E-state index in [9.17, 15) is 0 Å². The van der Waals surface area contributed by atoms with Crippen molar-refractivity contribution in [3.8, 4) is 0 Å². The first-order valence-electron chi connectivity index (χ1n) is 10.9. The molecular formula is C22H36ClIN4O3. The monoisotopic (exact) mass is 566 g/mol. The Morgan fingerprint density at radius 1 is 1.23 bits per heavy atom. The number of halogens is 2. The summed E-state index contributed by atoms with van der Waals surface area (Å²) < 4.78 is 16.7. The van der Waals surface area contributed by atoms with Crippen LogP contribution in [-0.2, 0) is 14.2 Å². The van der Waals surface area contributed by atoms with E-state index in [4.69, 9.17) is 25.8 Å². The van der Waals surface area contributed by atoms with Crippen LogP contribution in [0.15, 0.2) is 29.3 Å². The van der Waals surface area contributed by atoms with Gasteiger partial charge in [0.2, 0.25) is 0 Å². The second-order valence-electron chi connectivity index (χ2n) is 7.72. The molecule has 31 heavy (non-hydrogen) atoms. The third-order valence-corrected chi connectivity index (χ3v) is 5.92. The van der Waals surface area contributed by atoms with Crippen molar-refractivity contribution in [2.45, 2.75) is 18.9 Å². The van der Waals surface area contributed by atoms with Gasteiger partial charge in [0.25, 0.3) is 0 Å². The molecule has 2 heterocycles. The molecule has 0 bridgehead atoms. The predicted octanol–water partition coefficient (Wildman–Crippen LogP) is 2.94. The van der Waals surface area contributed by atoms with E-state index < -0.39 is 0 Å². The largest absolute Gasteiger partial charge is 0.381 e. The number of nitrogens with zero attached hydrogens (tertiary/aromatic N) is 2. The topological polar surface area (TPSA) is 67.4 Å². The molecule has 0 aliphatic carbocycles. The van der Waals surface area contributed by atoms with Gasteiger partial charge >= 0.3 is 0 Å². The van der Waals surface area contributed by atoms with E-state index in [0.29, 0.717) is 5.92 Å². The van der Waals surface area contributed by atoms with Crippen LogP contribution in [-0.4, -0.2) is 83.7 Å². The average molecular weight is 567 g/mol. The van der Waals surface area contributed by atoms with E-state index in [2.05, 4.69) is 26.6 Å². The zero-order valence-corrected chi connectivity index (χ0v) is 21.4. The van der Waals surface area contributed by atoms with Crippen molar-refractivity contribution in [3.63, 3.8) is 0 Å². The van der Waals surface area contributed by atoms with Gasteiger partial charge in [-0.1, -0.05) is 29.8 Å². The second kappa shape index (κ2) is 15.2. The van der Waals surface area contributed by atoms with Crippen molar-refractivity contribution in [1.29, 1.82) is 0 Å². The number of hydrogen-bond acceptors (Lipinski definition) is 5. The van der Waals surface area contributed by atoms with Gasteiger partial charge in [-0.3, -0.25) is 9.89 Å². The normalized spacial score (nSPS) is 20.8. The van der Waals surface area contributed by atoms with Gasteiger partial charge in [0.05, 0.1) is 32.5 Å². The van der Waals surface area contributed by atoms with Gasteiger partial charge in [-0.15, -0.1) is 24.0 Å². The van der Waals surface area contributed by atoms with E-state index in [0.717, 1.165) is 95.2 Å². The highest BCUT2D eigenvalue weighted by Gasteiger charge is 2.24. The molecule has 1 aromatic rings. The Morgan fingerprint density at radius 2 is 2.03 bits per heavy atom. The van der Waals surface area contributed by atoms with Crippen LogP contribution < -0.4 is 10.6 Å². The highest BCUT2D eigenvalue weighted by atomic mass is 127. The van der Waals surface area contributed by atoms with Crippen molar-refractivity contribution in [2.75, 3.05) is 72.9 Å². The van der Waals surface area contributed by atoms with Gasteiger partial charge in [0, 0.05) is 57.4 Å². The number of aliphatic imine (C=N–C) groups is 1. The average Bonchev–Trinajstić information content (AvgIpc) is 3.30. The third-order valence-electron chi connectivity index (χ3n) is 5.57. The van der Waals surface area contributed by atoms with Gasteiger partial charge in [-0.25, -0.2) is 0 Å². The number of morpholine rings is 1. The van der Waals surface area contributed by atoms with Gasteiger partial charge < -0.3 is 24.8 Å². The number of guanidine groups is 1. The van der Waals surface area contributed by atoms with Crippen LogP contribution in [0.5, 0.6) is 0 Å². The van der Waals surface area contributed by atoms with Crippen LogP contribution in [0, 0.1) is 5.92 Å². The fraction of sp³-hybridized carbons (Fsp3) is 0.682. The maximum Gasteiger partial charge on any atom is 0.191 e. The zero-order valence-electron chi connectivity index (χ0n) is 18.4. The molecule has 2 aliphatic heterocycles. The molecule has 0 radical (unpaired) electrons. The summed E-state index contributed by atoms with van der Waals surface area (Å²) in [5, 5.41) is 7.64. The van der Waals surface area contributed by atoms with Crippen LogP contribution in [0.4, 0.5) is 0 Å². The van der Waals surface area contributed by atoms with Crippen molar-refractivity contribution >= 4 is 41.5 Å². The first-order chi connectivity index (χ1) is 14.8. The molecule has 7 nitrogen and oxygen atoms in total. The van der Waals surface area contributed by atoms with Gasteiger partial charge in [-0.05, 0) is 24.5 Å². The van der Waals surface area contributed by atoms with Crippen LogP contribution in [0.1, 0.15) is 24.4 Å². The van der Waals surface area contributed by atoms with E-state index in [1.165, 1.54) is 0 Å². The van der Waals surface area contributed by atoms with Gasteiger partial charge in [0.1, 0.15) is 0 Å². The van der Waals surface area contributed by atoms with Crippen LogP contribution in [0.2, 0.25) is 5.02 Å². The zero-order chi connectivity index (χ0) is 21.0. The summed E-state index contributed by atoms with van der Waals surface area (Å²) in [5.74, 6) is 1.36. The number of nitrogens with one attached hydrogen (secondary N) is 2. The minimum atomic E-state index is 0. The molecule has 176 valence electrons. The summed E-state index contributed by atoms with van der Waals surface area (Å²) in [4.78, 5) is 6.79. The Balaban J connectivity index is 0.00000341. The molecular weight excluding hydrogens is 531 g/mol. The third kappa shape index (κ3) is 9.01. The summed E-state index contributed by atoms with van der Waals surface area (Å²) >= 11 is 6.51. The summed E-state index contributed by atoms with van der Waals surface area (Å²) in [6.45, 7) is 8.09. The summed E-state index contributed by atoms with van der Waals surface area (Å²) in [6, 6.07) is 8.23. The molecule has 1 aromatic carbocycles. The fourth-order valence-corrected chi connectivity index (χ4v) is 4.09. The number of hydrogen-bond donors (Lipinski definition) is 2. The lowest BCUT2D eigenvalue weighted by Gasteiger charge is -2.35.